The Labute approximate surface area is 241 Å². The van der Waals surface area contributed by atoms with Crippen molar-refractivity contribution in [2.45, 2.75) is 44.9 Å². The van der Waals surface area contributed by atoms with Crippen LogP contribution >= 0.6 is 11.6 Å². The first kappa shape index (κ1) is 28.6. The minimum Gasteiger partial charge on any atom is -0.477 e. The van der Waals surface area contributed by atoms with Crippen LogP contribution in [0.1, 0.15) is 31.7 Å². The number of nitrogens with zero attached hydrogens (tertiary/aromatic N) is 7. The van der Waals surface area contributed by atoms with Crippen molar-refractivity contribution in [3.8, 4) is 28.5 Å². The van der Waals surface area contributed by atoms with Gasteiger partial charge in [0.2, 0.25) is 5.88 Å². The highest BCUT2D eigenvalue weighted by Crippen LogP contribution is 2.32. The summed E-state index contributed by atoms with van der Waals surface area (Å²) in [5.74, 6) is 0.850. The van der Waals surface area contributed by atoms with E-state index in [4.69, 9.17) is 22.1 Å². The fraction of sp³-hybridized carbons (Fsp3) is 0.393. The third-order valence-electron chi connectivity index (χ3n) is 6.94. The SMILES string of the molecule is C[C@@H](CCOc1c(-c2nccc(N)n2)cnn1C)Nc1cc(Cl)ncc1-c1ncc(CN2CCC(F)CC2)cc1F. The van der Waals surface area contributed by atoms with Crippen molar-refractivity contribution in [3.63, 3.8) is 0 Å². The van der Waals surface area contributed by atoms with Crippen LogP contribution in [-0.2, 0) is 13.6 Å². The molecule has 5 heterocycles. The Balaban J connectivity index is 1.24. The first-order valence-corrected chi connectivity index (χ1v) is 13.8. The Morgan fingerprint density at radius 1 is 1.15 bits per heavy atom. The second kappa shape index (κ2) is 12.7. The highest BCUT2D eigenvalue weighted by atomic mass is 35.5. The Hall–Kier alpha value is -3.90. The number of aromatic nitrogens is 6. The first-order valence-electron chi connectivity index (χ1n) is 13.4. The molecule has 0 bridgehead atoms. The predicted octanol–water partition coefficient (Wildman–Crippen LogP) is 4.91. The number of alkyl halides is 1. The largest absolute Gasteiger partial charge is 0.477 e. The molecule has 0 aromatic carbocycles. The Morgan fingerprint density at radius 3 is 2.71 bits per heavy atom. The maximum absolute atomic E-state index is 15.3. The van der Waals surface area contributed by atoms with E-state index in [1.54, 1.807) is 42.5 Å². The van der Waals surface area contributed by atoms with E-state index in [2.05, 4.69) is 35.3 Å². The van der Waals surface area contributed by atoms with Gasteiger partial charge in [-0.1, -0.05) is 11.6 Å². The first-order chi connectivity index (χ1) is 19.8. The molecular formula is C28H32ClF2N9O. The van der Waals surface area contributed by atoms with Crippen molar-refractivity contribution in [3.05, 3.63) is 59.5 Å². The van der Waals surface area contributed by atoms with Crippen molar-refractivity contribution >= 4 is 23.1 Å². The summed E-state index contributed by atoms with van der Waals surface area (Å²) in [5.41, 5.74) is 8.46. The molecular weight excluding hydrogens is 552 g/mol. The van der Waals surface area contributed by atoms with Crippen LogP contribution in [0, 0.1) is 5.82 Å². The van der Waals surface area contributed by atoms with Gasteiger partial charge in [0.25, 0.3) is 0 Å². The van der Waals surface area contributed by atoms with Gasteiger partial charge in [-0.3, -0.25) is 9.88 Å². The Kier molecular flexibility index (Phi) is 8.89. The van der Waals surface area contributed by atoms with Gasteiger partial charge < -0.3 is 15.8 Å². The molecule has 3 N–H and O–H groups in total. The number of ether oxygens (including phenoxy) is 1. The number of aryl methyl sites for hydroxylation is 1. The summed E-state index contributed by atoms with van der Waals surface area (Å²) in [6, 6.07) is 4.67. The summed E-state index contributed by atoms with van der Waals surface area (Å²) in [4.78, 5) is 19.2. The molecule has 216 valence electrons. The molecule has 10 nitrogen and oxygen atoms in total. The van der Waals surface area contributed by atoms with Gasteiger partial charge in [0.15, 0.2) is 5.82 Å². The number of hydrogen-bond acceptors (Lipinski definition) is 9. The molecule has 4 aromatic heterocycles. The second-order valence-corrected chi connectivity index (χ2v) is 10.5. The molecule has 0 spiro atoms. The minimum absolute atomic E-state index is 0.0757. The van der Waals surface area contributed by atoms with Crippen molar-refractivity contribution in [1.29, 1.82) is 0 Å². The smallest absolute Gasteiger partial charge is 0.222 e. The van der Waals surface area contributed by atoms with Gasteiger partial charge in [0, 0.05) is 69.0 Å². The zero-order valence-corrected chi connectivity index (χ0v) is 23.7. The van der Waals surface area contributed by atoms with Gasteiger partial charge in [-0.25, -0.2) is 28.4 Å². The van der Waals surface area contributed by atoms with E-state index in [9.17, 15) is 4.39 Å². The number of nitrogen functional groups attached to an aromatic ring is 1. The number of hydrogen-bond donors (Lipinski definition) is 2. The fourth-order valence-electron chi connectivity index (χ4n) is 4.74. The molecule has 0 saturated carbocycles. The standard InChI is InChI=1S/C28H32ClF2N9O/c1-17(6-10-41-28-21(15-36-39(28)2)27-33-7-3-25(32)38-27)37-23-12-24(29)34-14-20(23)26-22(31)11-18(13-35-26)16-40-8-4-19(30)5-9-40/h3,7,11-15,17,19H,4-6,8-10,16H2,1-2H3,(H,34,37)(H2,32,33,38)/t17-/m0/s1. The summed E-state index contributed by atoms with van der Waals surface area (Å²) in [7, 11) is 1.77. The van der Waals surface area contributed by atoms with Crippen molar-refractivity contribution in [2.75, 3.05) is 30.7 Å². The van der Waals surface area contributed by atoms with Crippen molar-refractivity contribution in [2.24, 2.45) is 7.05 Å². The topological polar surface area (TPSA) is 120 Å². The Morgan fingerprint density at radius 2 is 1.95 bits per heavy atom. The normalized spacial score (nSPS) is 15.1. The molecule has 1 atom stereocenters. The lowest BCUT2D eigenvalue weighted by atomic mass is 10.1. The molecule has 1 aliphatic heterocycles. The maximum Gasteiger partial charge on any atom is 0.222 e. The van der Waals surface area contributed by atoms with E-state index < -0.39 is 12.0 Å². The number of nitrogens with two attached hydrogens (primary N) is 1. The average molecular weight is 584 g/mol. The number of anilines is 2. The van der Waals surface area contributed by atoms with Gasteiger partial charge >= 0.3 is 0 Å². The monoisotopic (exact) mass is 583 g/mol. The second-order valence-electron chi connectivity index (χ2n) is 10.2. The summed E-state index contributed by atoms with van der Waals surface area (Å²) in [6.07, 6.45) is 7.24. The zero-order chi connectivity index (χ0) is 28.9. The van der Waals surface area contributed by atoms with Crippen LogP contribution < -0.4 is 15.8 Å². The van der Waals surface area contributed by atoms with Crippen LogP contribution in [0.5, 0.6) is 5.88 Å². The maximum atomic E-state index is 15.3. The predicted molar refractivity (Wildman–Crippen MR) is 154 cm³/mol. The third kappa shape index (κ3) is 7.06. The van der Waals surface area contributed by atoms with E-state index in [1.807, 2.05) is 6.92 Å². The molecule has 41 heavy (non-hydrogen) atoms. The van der Waals surface area contributed by atoms with Gasteiger partial charge in [-0.2, -0.15) is 5.10 Å². The lowest BCUT2D eigenvalue weighted by Crippen LogP contribution is -2.33. The molecule has 0 unspecified atom stereocenters. The lowest BCUT2D eigenvalue weighted by molar-refractivity contribution is 0.145. The summed E-state index contributed by atoms with van der Waals surface area (Å²) in [6.45, 7) is 4.17. The summed E-state index contributed by atoms with van der Waals surface area (Å²) in [5, 5.41) is 7.93. The summed E-state index contributed by atoms with van der Waals surface area (Å²) < 4.78 is 36.4. The average Bonchev–Trinajstić information content (AvgIpc) is 3.31. The van der Waals surface area contributed by atoms with Gasteiger partial charge in [-0.15, -0.1) is 0 Å². The highest BCUT2D eigenvalue weighted by Gasteiger charge is 2.21. The molecule has 5 rings (SSSR count). The van der Waals surface area contributed by atoms with Crippen molar-refractivity contribution in [1.82, 2.24) is 34.6 Å². The molecule has 4 aromatic rings. The molecule has 0 aliphatic carbocycles. The van der Waals surface area contributed by atoms with E-state index in [1.165, 1.54) is 12.3 Å². The summed E-state index contributed by atoms with van der Waals surface area (Å²) >= 11 is 6.19. The number of halogens is 3. The number of nitrogens with one attached hydrogen (secondary N) is 1. The van der Waals surface area contributed by atoms with Crippen LogP contribution in [0.4, 0.5) is 20.3 Å². The Bertz CT molecular complexity index is 1490. The number of rotatable bonds is 10. The zero-order valence-electron chi connectivity index (χ0n) is 22.9. The third-order valence-corrected chi connectivity index (χ3v) is 7.15. The molecule has 13 heteroatoms. The van der Waals surface area contributed by atoms with Crippen LogP contribution in [0.25, 0.3) is 22.6 Å². The van der Waals surface area contributed by atoms with E-state index in [0.29, 0.717) is 79.8 Å². The quantitative estimate of drug-likeness (QED) is 0.251. The van der Waals surface area contributed by atoms with Crippen molar-refractivity contribution < 1.29 is 13.5 Å². The van der Waals surface area contributed by atoms with Crippen LogP contribution in [0.3, 0.4) is 0 Å². The number of pyridine rings is 2. The van der Waals surface area contributed by atoms with E-state index in [0.717, 1.165) is 5.56 Å². The number of likely N-dealkylation sites (tertiary alicyclic amines) is 1. The van der Waals surface area contributed by atoms with Gasteiger partial charge in [0.1, 0.15) is 34.2 Å². The minimum atomic E-state index is -0.753. The van der Waals surface area contributed by atoms with Gasteiger partial charge in [-0.05, 0) is 43.5 Å². The molecule has 1 fully saturated rings. The fourth-order valence-corrected chi connectivity index (χ4v) is 4.90. The van der Waals surface area contributed by atoms with Gasteiger partial charge in [0.05, 0.1) is 12.8 Å². The van der Waals surface area contributed by atoms with Crippen LogP contribution in [-0.4, -0.2) is 66.5 Å². The number of piperidine rings is 1. The van der Waals surface area contributed by atoms with E-state index in [-0.39, 0.29) is 16.9 Å². The van der Waals surface area contributed by atoms with Crippen LogP contribution in [0.2, 0.25) is 5.15 Å². The highest BCUT2D eigenvalue weighted by molar-refractivity contribution is 6.29. The van der Waals surface area contributed by atoms with Crippen LogP contribution in [0.15, 0.2) is 43.0 Å². The molecule has 0 radical (unpaired) electrons. The lowest BCUT2D eigenvalue weighted by Gasteiger charge is -2.28. The molecule has 0 amide bonds. The van der Waals surface area contributed by atoms with E-state index >= 15 is 4.39 Å². The molecule has 1 saturated heterocycles. The molecule has 1 aliphatic rings.